The van der Waals surface area contributed by atoms with Gasteiger partial charge in [-0.2, -0.15) is 0 Å². The van der Waals surface area contributed by atoms with E-state index in [0.29, 0.717) is 6.04 Å². The van der Waals surface area contributed by atoms with Crippen LogP contribution in [0.1, 0.15) is 34.7 Å². The lowest BCUT2D eigenvalue weighted by Crippen LogP contribution is -2.30. The Balaban J connectivity index is 1.80. The van der Waals surface area contributed by atoms with E-state index >= 15 is 0 Å². The molecule has 1 aliphatic heterocycles. The zero-order valence-corrected chi connectivity index (χ0v) is 15.2. The van der Waals surface area contributed by atoms with E-state index in [2.05, 4.69) is 35.6 Å². The fourth-order valence-electron chi connectivity index (χ4n) is 3.33. The minimum atomic E-state index is 0.327. The summed E-state index contributed by atoms with van der Waals surface area (Å²) in [5.74, 6) is 1.60. The predicted octanol–water partition coefficient (Wildman–Crippen LogP) is 4.49. The van der Waals surface area contributed by atoms with Crippen LogP contribution in [-0.4, -0.2) is 20.8 Å². The van der Waals surface area contributed by atoms with Crippen LogP contribution in [0.15, 0.2) is 30.3 Å². The van der Waals surface area contributed by atoms with Crippen molar-refractivity contribution in [2.75, 3.05) is 20.8 Å². The molecule has 0 radical (unpaired) electrons. The molecule has 1 aliphatic rings. The first-order valence-electron chi connectivity index (χ1n) is 8.35. The van der Waals surface area contributed by atoms with Crippen LogP contribution in [0, 0.1) is 6.92 Å². The van der Waals surface area contributed by atoms with Crippen molar-refractivity contribution in [3.8, 4) is 11.5 Å². The van der Waals surface area contributed by atoms with Crippen LogP contribution >= 0.6 is 11.6 Å². The number of fused-ring (bicyclic) bond motifs is 1. The highest BCUT2D eigenvalue weighted by molar-refractivity contribution is 6.31. The Morgan fingerprint density at radius 2 is 1.88 bits per heavy atom. The molecular weight excluding hydrogens is 322 g/mol. The molecule has 128 valence electrons. The van der Waals surface area contributed by atoms with Gasteiger partial charge in [0.05, 0.1) is 14.2 Å². The molecule has 2 aromatic carbocycles. The summed E-state index contributed by atoms with van der Waals surface area (Å²) in [7, 11) is 3.37. The number of halogens is 1. The van der Waals surface area contributed by atoms with Crippen LogP contribution in [0.25, 0.3) is 0 Å². The Hall–Kier alpha value is -1.71. The zero-order valence-electron chi connectivity index (χ0n) is 14.5. The minimum Gasteiger partial charge on any atom is -0.493 e. The third-order valence-corrected chi connectivity index (χ3v) is 5.17. The number of rotatable bonds is 5. The predicted molar refractivity (Wildman–Crippen MR) is 98.5 cm³/mol. The average molecular weight is 346 g/mol. The van der Waals surface area contributed by atoms with Crippen LogP contribution < -0.4 is 14.8 Å². The van der Waals surface area contributed by atoms with E-state index in [4.69, 9.17) is 21.1 Å². The lowest BCUT2D eigenvalue weighted by molar-refractivity contribution is 0.351. The van der Waals surface area contributed by atoms with Crippen LogP contribution in [0.5, 0.6) is 11.5 Å². The highest BCUT2D eigenvalue weighted by Gasteiger charge is 2.22. The molecule has 0 bridgehead atoms. The SMILES string of the molecule is COc1cc2c(cc1OC)[C@H](CCc1ccc(C)c(Cl)c1)NCC2. The summed E-state index contributed by atoms with van der Waals surface area (Å²) < 4.78 is 10.9. The monoisotopic (exact) mass is 345 g/mol. The number of hydrogen-bond donors (Lipinski definition) is 1. The maximum Gasteiger partial charge on any atom is 0.161 e. The maximum absolute atomic E-state index is 6.24. The van der Waals surface area contributed by atoms with E-state index in [1.54, 1.807) is 14.2 Å². The second-order valence-corrected chi connectivity index (χ2v) is 6.69. The summed E-state index contributed by atoms with van der Waals surface area (Å²) in [5.41, 5.74) is 5.06. The summed E-state index contributed by atoms with van der Waals surface area (Å²) in [4.78, 5) is 0. The number of methoxy groups -OCH3 is 2. The van der Waals surface area contributed by atoms with Crippen LogP contribution in [0.4, 0.5) is 0 Å². The molecule has 24 heavy (non-hydrogen) atoms. The van der Waals surface area contributed by atoms with Crippen molar-refractivity contribution in [1.82, 2.24) is 5.32 Å². The largest absolute Gasteiger partial charge is 0.493 e. The molecule has 4 heteroatoms. The van der Waals surface area contributed by atoms with Crippen LogP contribution in [0.2, 0.25) is 5.02 Å². The molecule has 1 heterocycles. The number of ether oxygens (including phenoxy) is 2. The van der Waals surface area contributed by atoms with Crippen LogP contribution in [0.3, 0.4) is 0 Å². The fourth-order valence-corrected chi connectivity index (χ4v) is 3.53. The number of nitrogens with one attached hydrogen (secondary N) is 1. The Morgan fingerprint density at radius 1 is 1.12 bits per heavy atom. The van der Waals surface area contributed by atoms with Gasteiger partial charge in [-0.3, -0.25) is 0 Å². The van der Waals surface area contributed by atoms with Crippen molar-refractivity contribution in [2.45, 2.75) is 32.2 Å². The van der Waals surface area contributed by atoms with Gasteiger partial charge in [-0.1, -0.05) is 23.7 Å². The van der Waals surface area contributed by atoms with Gasteiger partial charge in [0.15, 0.2) is 11.5 Å². The fraction of sp³-hybridized carbons (Fsp3) is 0.400. The normalized spacial score (nSPS) is 16.6. The first-order chi connectivity index (χ1) is 11.6. The van der Waals surface area contributed by atoms with Gasteiger partial charge < -0.3 is 14.8 Å². The maximum atomic E-state index is 6.24. The molecule has 1 atom stereocenters. The molecule has 0 saturated heterocycles. The lowest BCUT2D eigenvalue weighted by atomic mass is 9.90. The van der Waals surface area contributed by atoms with Gasteiger partial charge in [0.1, 0.15) is 0 Å². The summed E-state index contributed by atoms with van der Waals surface area (Å²) in [5, 5.41) is 4.47. The highest BCUT2D eigenvalue weighted by Crippen LogP contribution is 2.36. The molecule has 3 nitrogen and oxygen atoms in total. The van der Waals surface area contributed by atoms with E-state index < -0.39 is 0 Å². The number of benzene rings is 2. The van der Waals surface area contributed by atoms with Crippen molar-refractivity contribution in [3.63, 3.8) is 0 Å². The first kappa shape index (κ1) is 17.1. The second kappa shape index (κ2) is 7.45. The molecule has 0 amide bonds. The molecule has 0 spiro atoms. The third kappa shape index (κ3) is 3.52. The van der Waals surface area contributed by atoms with Crippen molar-refractivity contribution in [2.24, 2.45) is 0 Å². The molecule has 0 aliphatic carbocycles. The Bertz CT molecular complexity index is 730. The Kier molecular flexibility index (Phi) is 5.32. The molecule has 0 aromatic heterocycles. The molecule has 0 fully saturated rings. The van der Waals surface area contributed by atoms with E-state index in [9.17, 15) is 0 Å². The molecular formula is C20H24ClNO2. The standard InChI is InChI=1S/C20H24ClNO2/c1-13-4-5-14(10-17(13)21)6-7-18-16-12-20(24-3)19(23-2)11-15(16)8-9-22-18/h4-5,10-12,18,22H,6-9H2,1-3H3/t18-/m0/s1. The summed E-state index contributed by atoms with van der Waals surface area (Å²) in [6.45, 7) is 3.02. The van der Waals surface area contributed by atoms with Gasteiger partial charge >= 0.3 is 0 Å². The van der Waals surface area contributed by atoms with Crippen molar-refractivity contribution < 1.29 is 9.47 Å². The molecule has 0 unspecified atom stereocenters. The van der Waals surface area contributed by atoms with E-state index in [0.717, 1.165) is 47.9 Å². The minimum absolute atomic E-state index is 0.327. The second-order valence-electron chi connectivity index (χ2n) is 6.28. The Labute approximate surface area is 148 Å². The van der Waals surface area contributed by atoms with Crippen molar-refractivity contribution in [3.05, 3.63) is 57.6 Å². The van der Waals surface area contributed by atoms with Gasteiger partial charge in [-0.25, -0.2) is 0 Å². The summed E-state index contributed by atoms with van der Waals surface area (Å²) >= 11 is 6.24. The first-order valence-corrected chi connectivity index (χ1v) is 8.73. The quantitative estimate of drug-likeness (QED) is 0.866. The number of hydrogen-bond acceptors (Lipinski definition) is 3. The smallest absolute Gasteiger partial charge is 0.161 e. The summed E-state index contributed by atoms with van der Waals surface area (Å²) in [6.07, 6.45) is 3.04. The van der Waals surface area contributed by atoms with Gasteiger partial charge in [-0.15, -0.1) is 0 Å². The Morgan fingerprint density at radius 3 is 2.58 bits per heavy atom. The van der Waals surface area contributed by atoms with E-state index in [1.807, 2.05) is 6.92 Å². The summed E-state index contributed by atoms with van der Waals surface area (Å²) in [6, 6.07) is 10.9. The topological polar surface area (TPSA) is 30.5 Å². The van der Waals surface area contributed by atoms with Gasteiger partial charge in [0.25, 0.3) is 0 Å². The van der Waals surface area contributed by atoms with E-state index in [-0.39, 0.29) is 0 Å². The molecule has 1 N–H and O–H groups in total. The zero-order chi connectivity index (χ0) is 17.1. The van der Waals surface area contributed by atoms with Crippen molar-refractivity contribution in [1.29, 1.82) is 0 Å². The molecule has 0 saturated carbocycles. The van der Waals surface area contributed by atoms with Gasteiger partial charge in [0, 0.05) is 11.1 Å². The highest BCUT2D eigenvalue weighted by atomic mass is 35.5. The van der Waals surface area contributed by atoms with Crippen molar-refractivity contribution >= 4 is 11.6 Å². The molecule has 2 aromatic rings. The lowest BCUT2D eigenvalue weighted by Gasteiger charge is -2.28. The van der Waals surface area contributed by atoms with Crippen LogP contribution in [-0.2, 0) is 12.8 Å². The third-order valence-electron chi connectivity index (χ3n) is 4.76. The van der Waals surface area contributed by atoms with Gasteiger partial charge in [0.2, 0.25) is 0 Å². The average Bonchev–Trinajstić information content (AvgIpc) is 2.61. The number of aryl methyl sites for hydroxylation is 2. The van der Waals surface area contributed by atoms with Gasteiger partial charge in [-0.05, 0) is 73.2 Å². The molecule has 3 rings (SSSR count). The van der Waals surface area contributed by atoms with E-state index in [1.165, 1.54) is 16.7 Å².